The maximum Gasteiger partial charge on any atom is 0.309 e. The van der Waals surface area contributed by atoms with E-state index in [1.54, 1.807) is 27.9 Å². The first kappa shape index (κ1) is 41.2. The summed E-state index contributed by atoms with van der Waals surface area (Å²) in [6, 6.07) is 0. The van der Waals surface area contributed by atoms with Gasteiger partial charge in [0.05, 0.1) is 65.8 Å². The van der Waals surface area contributed by atoms with Gasteiger partial charge in [0.2, 0.25) is 0 Å². The predicted molar refractivity (Wildman–Crippen MR) is 191 cm³/mol. The van der Waals surface area contributed by atoms with Crippen molar-refractivity contribution in [2.24, 2.45) is 41.4 Å². The summed E-state index contributed by atoms with van der Waals surface area (Å²) in [5, 5.41) is 41.3. The fourth-order valence-electron chi connectivity index (χ4n) is 11.1. The van der Waals surface area contributed by atoms with E-state index in [1.807, 2.05) is 6.92 Å². The van der Waals surface area contributed by atoms with E-state index in [0.717, 1.165) is 12.8 Å². The number of aliphatic hydroxyl groups excluding tert-OH is 1. The van der Waals surface area contributed by atoms with Crippen LogP contribution in [0.25, 0.3) is 0 Å². The molecule has 6 saturated heterocycles. The third-order valence-corrected chi connectivity index (χ3v) is 14.5. The topological polar surface area (TPSA) is 180 Å². The highest BCUT2D eigenvalue weighted by Gasteiger charge is 2.65. The normalized spacial score (nSPS) is 52.5. The molecule has 304 valence electrons. The molecule has 53 heavy (non-hydrogen) atoms. The van der Waals surface area contributed by atoms with Crippen molar-refractivity contribution in [1.82, 2.24) is 0 Å². The minimum Gasteiger partial charge on any atom is -0.481 e. The molecule has 19 atom stereocenters. The van der Waals surface area contributed by atoms with E-state index in [0.29, 0.717) is 38.5 Å². The van der Waals surface area contributed by atoms with E-state index in [1.165, 1.54) is 0 Å². The molecule has 0 saturated carbocycles. The van der Waals surface area contributed by atoms with Gasteiger partial charge < -0.3 is 53.6 Å². The Morgan fingerprint density at radius 1 is 0.887 bits per heavy atom. The van der Waals surface area contributed by atoms with Crippen LogP contribution in [0.5, 0.6) is 0 Å². The van der Waals surface area contributed by atoms with Crippen LogP contribution in [0, 0.1) is 41.4 Å². The second-order valence-electron chi connectivity index (χ2n) is 18.4. The zero-order chi connectivity index (χ0) is 38.8. The smallest absolute Gasteiger partial charge is 0.309 e. The van der Waals surface area contributed by atoms with Crippen molar-refractivity contribution in [3.05, 3.63) is 0 Å². The number of carboxylic acid groups (broad SMARTS) is 2. The second kappa shape index (κ2) is 15.2. The van der Waals surface area contributed by atoms with Crippen LogP contribution in [0.2, 0.25) is 0 Å². The molecule has 0 aromatic rings. The van der Waals surface area contributed by atoms with Crippen LogP contribution in [0.15, 0.2) is 0 Å². The monoisotopic (exact) mass is 754 g/mol. The SMILES string of the molecule is CO[C@@H]1C[C@@H](C[C@H]2CC[C@H](C)[C@H]([C@@H](C)C(=O)O)O2)O[C@]2(O[C@](C)([C@H]3CC[C@@](C)([C@@H]4O[C@@H]([C@H]5O[C@](C)(O)[C@H](C)C[C@@H]5C(=O)O)C[C@@H]4CO)O3)C[C@H]2C)[C@@H]1C. The third kappa shape index (κ3) is 7.57. The molecule has 6 rings (SSSR count). The molecule has 0 aromatic carbocycles. The summed E-state index contributed by atoms with van der Waals surface area (Å²) in [6.45, 7) is 15.4. The Balaban J connectivity index is 1.16. The lowest BCUT2D eigenvalue weighted by atomic mass is 9.78. The molecule has 0 unspecified atom stereocenters. The van der Waals surface area contributed by atoms with Crippen molar-refractivity contribution in [3.8, 4) is 0 Å². The predicted octanol–water partition coefficient (Wildman–Crippen LogP) is 4.77. The standard InChI is InChI=1S/C40H66O13/c1-20-10-11-26(48-32(20)23(4)35(42)43)16-27-17-29(47-9)24(5)40(50-27)22(3)18-38(7,53-40)31-12-13-37(6,51-31)34-25(19-41)15-30(49-34)33-28(36(44)45)14-21(2)39(8,46)52-33/h20-34,41,46H,10-19H2,1-9H3,(H,42,43)(H,44,45)/t20-,21+,22+,23+,24+,25+,26+,27+,28-,29+,30+,31+,32+,33-,34+,37-,38-,39-,40+/m0/s1. The van der Waals surface area contributed by atoms with Crippen LogP contribution in [0.3, 0.4) is 0 Å². The van der Waals surface area contributed by atoms with E-state index < -0.39 is 64.9 Å². The zero-order valence-corrected chi connectivity index (χ0v) is 33.2. The first-order valence-electron chi connectivity index (χ1n) is 20.1. The quantitative estimate of drug-likeness (QED) is 0.240. The molecule has 0 aromatic heterocycles. The first-order chi connectivity index (χ1) is 24.8. The summed E-state index contributed by atoms with van der Waals surface area (Å²) >= 11 is 0. The van der Waals surface area contributed by atoms with E-state index in [9.17, 15) is 30.0 Å². The Bertz CT molecular complexity index is 1330. The number of hydrogen-bond acceptors (Lipinski definition) is 11. The van der Waals surface area contributed by atoms with Crippen molar-refractivity contribution in [1.29, 1.82) is 0 Å². The fourth-order valence-corrected chi connectivity index (χ4v) is 11.1. The number of rotatable bonds is 10. The summed E-state index contributed by atoms with van der Waals surface area (Å²) in [4.78, 5) is 24.1. The lowest BCUT2D eigenvalue weighted by Crippen LogP contribution is -2.58. The van der Waals surface area contributed by atoms with Crippen LogP contribution < -0.4 is 0 Å². The van der Waals surface area contributed by atoms with Gasteiger partial charge in [0.15, 0.2) is 11.6 Å². The average molecular weight is 755 g/mol. The Labute approximate surface area is 314 Å². The molecule has 0 bridgehead atoms. The van der Waals surface area contributed by atoms with Gasteiger partial charge in [-0.3, -0.25) is 9.59 Å². The maximum absolute atomic E-state index is 12.3. The number of aliphatic carboxylic acids is 2. The molecule has 1 spiro atoms. The van der Waals surface area contributed by atoms with E-state index in [2.05, 4.69) is 27.7 Å². The summed E-state index contributed by atoms with van der Waals surface area (Å²) in [5.74, 6) is -6.27. The van der Waals surface area contributed by atoms with E-state index >= 15 is 0 Å². The van der Waals surface area contributed by atoms with Gasteiger partial charge in [0.25, 0.3) is 0 Å². The van der Waals surface area contributed by atoms with Gasteiger partial charge in [0.1, 0.15) is 6.10 Å². The molecule has 0 aliphatic carbocycles. The molecule has 6 heterocycles. The van der Waals surface area contributed by atoms with Gasteiger partial charge >= 0.3 is 11.9 Å². The largest absolute Gasteiger partial charge is 0.481 e. The Morgan fingerprint density at radius 3 is 2.25 bits per heavy atom. The van der Waals surface area contributed by atoms with E-state index in [-0.39, 0.29) is 73.1 Å². The van der Waals surface area contributed by atoms with Gasteiger partial charge in [0, 0.05) is 50.2 Å². The lowest BCUT2D eigenvalue weighted by molar-refractivity contribution is -0.352. The van der Waals surface area contributed by atoms with Crippen molar-refractivity contribution in [2.75, 3.05) is 13.7 Å². The van der Waals surface area contributed by atoms with Crippen LogP contribution in [0.1, 0.15) is 113 Å². The summed E-state index contributed by atoms with van der Waals surface area (Å²) < 4.78 is 46.4. The molecular weight excluding hydrogens is 688 g/mol. The van der Waals surface area contributed by atoms with Gasteiger partial charge in [-0.25, -0.2) is 0 Å². The molecule has 6 fully saturated rings. The Morgan fingerprint density at radius 2 is 1.60 bits per heavy atom. The van der Waals surface area contributed by atoms with Gasteiger partial charge in [-0.2, -0.15) is 0 Å². The molecule has 4 N–H and O–H groups in total. The highest BCUT2D eigenvalue weighted by molar-refractivity contribution is 5.71. The molecular formula is C40H66O13. The summed E-state index contributed by atoms with van der Waals surface area (Å²) in [7, 11) is 1.73. The number of methoxy groups -OCH3 is 1. The molecule has 13 nitrogen and oxygen atoms in total. The van der Waals surface area contributed by atoms with Crippen molar-refractivity contribution in [2.45, 2.75) is 185 Å². The van der Waals surface area contributed by atoms with Crippen LogP contribution in [-0.2, 0) is 42.7 Å². The van der Waals surface area contributed by atoms with Gasteiger partial charge in [-0.15, -0.1) is 0 Å². The molecule has 0 radical (unpaired) electrons. The minimum atomic E-state index is -1.49. The zero-order valence-electron chi connectivity index (χ0n) is 33.2. The average Bonchev–Trinajstić information content (AvgIpc) is 3.79. The maximum atomic E-state index is 12.3. The summed E-state index contributed by atoms with van der Waals surface area (Å²) in [5.41, 5.74) is -1.48. The van der Waals surface area contributed by atoms with Crippen molar-refractivity contribution in [3.63, 3.8) is 0 Å². The lowest BCUT2D eigenvalue weighted by Gasteiger charge is -2.50. The van der Waals surface area contributed by atoms with Crippen LogP contribution in [-0.4, -0.2) is 118 Å². The Hall–Kier alpha value is -1.42. The molecule has 13 heteroatoms. The Kier molecular flexibility index (Phi) is 11.8. The fraction of sp³-hybridized carbons (Fsp3) is 0.950. The first-order valence-corrected chi connectivity index (χ1v) is 20.1. The highest BCUT2D eigenvalue weighted by atomic mass is 16.7. The number of aliphatic hydroxyl groups is 2. The number of ether oxygens (including phenoxy) is 7. The van der Waals surface area contributed by atoms with E-state index in [4.69, 9.17) is 33.2 Å². The van der Waals surface area contributed by atoms with Gasteiger partial charge in [-0.05, 0) is 78.6 Å². The molecule has 0 amide bonds. The number of carbonyl (C=O) groups is 2. The second-order valence-corrected chi connectivity index (χ2v) is 18.4. The van der Waals surface area contributed by atoms with Gasteiger partial charge in [-0.1, -0.05) is 27.7 Å². The number of hydrogen-bond donors (Lipinski definition) is 4. The molecule has 6 aliphatic rings. The summed E-state index contributed by atoms with van der Waals surface area (Å²) in [6.07, 6.45) is 2.65. The minimum absolute atomic E-state index is 0.00868. The third-order valence-electron chi connectivity index (χ3n) is 14.5. The van der Waals surface area contributed by atoms with Crippen LogP contribution in [0.4, 0.5) is 0 Å². The van der Waals surface area contributed by atoms with Crippen molar-refractivity contribution < 1.29 is 63.2 Å². The molecule has 6 aliphatic heterocycles. The van der Waals surface area contributed by atoms with Crippen LogP contribution >= 0.6 is 0 Å². The highest BCUT2D eigenvalue weighted by Crippen LogP contribution is 2.57. The number of carboxylic acids is 2. The van der Waals surface area contributed by atoms with Crippen molar-refractivity contribution >= 4 is 11.9 Å².